The molecule has 0 bridgehead atoms. The Morgan fingerprint density at radius 3 is 2.90 bits per heavy atom. The molecule has 1 unspecified atom stereocenters. The van der Waals surface area contributed by atoms with E-state index in [0.717, 1.165) is 0 Å². The number of benzene rings is 1. The van der Waals surface area contributed by atoms with Crippen molar-refractivity contribution in [2.45, 2.75) is 24.3 Å². The van der Waals surface area contributed by atoms with Crippen LogP contribution >= 0.6 is 0 Å². The quantitative estimate of drug-likeness (QED) is 0.782. The van der Waals surface area contributed by atoms with E-state index in [1.165, 1.54) is 18.5 Å². The van der Waals surface area contributed by atoms with E-state index < -0.39 is 10.0 Å². The highest BCUT2D eigenvalue weighted by atomic mass is 32.2. The Balaban J connectivity index is 1.85. The minimum atomic E-state index is -3.64. The third-order valence-corrected chi connectivity index (χ3v) is 4.86. The summed E-state index contributed by atoms with van der Waals surface area (Å²) >= 11 is 0. The molecule has 2 heterocycles. The predicted octanol–water partition coefficient (Wildman–Crippen LogP) is 0.944. The smallest absolute Gasteiger partial charge is 0.240 e. The van der Waals surface area contributed by atoms with Crippen LogP contribution in [0.3, 0.4) is 0 Å². The molecule has 21 heavy (non-hydrogen) atoms. The highest BCUT2D eigenvalue weighted by Crippen LogP contribution is 2.33. The number of fused-ring (bicyclic) bond motifs is 1. The summed E-state index contributed by atoms with van der Waals surface area (Å²) < 4.78 is 27.0. The summed E-state index contributed by atoms with van der Waals surface area (Å²) in [5, 5.41) is 2.71. The molecule has 1 aliphatic rings. The molecule has 3 N–H and O–H groups in total. The van der Waals surface area contributed by atoms with Crippen LogP contribution in [0.25, 0.3) is 0 Å². The summed E-state index contributed by atoms with van der Waals surface area (Å²) in [5.41, 5.74) is 2.04. The summed E-state index contributed by atoms with van der Waals surface area (Å²) in [7, 11) is -3.64. The van der Waals surface area contributed by atoms with Crippen LogP contribution in [0, 0.1) is 0 Å². The topological polar surface area (TPSA) is 104 Å². The summed E-state index contributed by atoms with van der Waals surface area (Å²) in [6.07, 6.45) is 3.04. The Kier molecular flexibility index (Phi) is 3.26. The maximum Gasteiger partial charge on any atom is 0.240 e. The lowest BCUT2D eigenvalue weighted by atomic mass is 10.0. The van der Waals surface area contributed by atoms with Gasteiger partial charge in [-0.1, -0.05) is 0 Å². The number of aromatic nitrogens is 2. The van der Waals surface area contributed by atoms with Gasteiger partial charge < -0.3 is 10.3 Å². The third kappa shape index (κ3) is 2.55. The predicted molar refractivity (Wildman–Crippen MR) is 76.1 cm³/mol. The van der Waals surface area contributed by atoms with Crippen molar-refractivity contribution < 1.29 is 13.2 Å². The number of anilines is 1. The van der Waals surface area contributed by atoms with Crippen molar-refractivity contribution >= 4 is 21.6 Å². The Labute approximate surface area is 121 Å². The second kappa shape index (κ2) is 4.97. The van der Waals surface area contributed by atoms with Crippen LogP contribution in [0.5, 0.6) is 0 Å². The lowest BCUT2D eigenvalue weighted by Gasteiger charge is -2.08. The first-order valence-corrected chi connectivity index (χ1v) is 7.87. The zero-order valence-corrected chi connectivity index (χ0v) is 12.1. The molecule has 7 nitrogen and oxygen atoms in total. The Hall–Kier alpha value is -2.19. The summed E-state index contributed by atoms with van der Waals surface area (Å²) in [6, 6.07) is 4.63. The number of carbonyl (C=O) groups is 1. The number of nitrogens with zero attached hydrogens (tertiary/aromatic N) is 1. The molecular weight excluding hydrogens is 292 g/mol. The van der Waals surface area contributed by atoms with Crippen LogP contribution < -0.4 is 10.0 Å². The molecule has 1 aromatic carbocycles. The van der Waals surface area contributed by atoms with Crippen LogP contribution in [0.1, 0.15) is 24.1 Å². The van der Waals surface area contributed by atoms with Crippen LogP contribution in [0.4, 0.5) is 5.69 Å². The second-order valence-electron chi connectivity index (χ2n) is 4.86. The average molecular weight is 306 g/mol. The highest BCUT2D eigenvalue weighted by Gasteiger charge is 2.28. The molecule has 0 spiro atoms. The van der Waals surface area contributed by atoms with E-state index in [4.69, 9.17) is 0 Å². The van der Waals surface area contributed by atoms with Gasteiger partial charge in [0.15, 0.2) is 0 Å². The standard InChI is InChI=1S/C13H14N4O3S/c1-8-11-4-10(2-3-12(11)17-13(8)18)21(19,20)16-6-9-5-14-7-15-9/h2-5,7-8,16H,6H2,1H3,(H,14,15)(H,17,18). The number of hydrogen-bond acceptors (Lipinski definition) is 4. The summed E-state index contributed by atoms with van der Waals surface area (Å²) in [6.45, 7) is 1.88. The van der Waals surface area contributed by atoms with Crippen LogP contribution in [0.2, 0.25) is 0 Å². The monoisotopic (exact) mass is 306 g/mol. The molecule has 1 amide bonds. The van der Waals surface area contributed by atoms with Crippen molar-refractivity contribution in [2.75, 3.05) is 5.32 Å². The van der Waals surface area contributed by atoms with E-state index in [1.807, 2.05) is 0 Å². The van der Waals surface area contributed by atoms with Gasteiger partial charge in [-0.2, -0.15) is 0 Å². The molecule has 1 aromatic heterocycles. The van der Waals surface area contributed by atoms with Gasteiger partial charge in [0, 0.05) is 17.6 Å². The second-order valence-corrected chi connectivity index (χ2v) is 6.63. The fourth-order valence-corrected chi connectivity index (χ4v) is 3.24. The van der Waals surface area contributed by atoms with E-state index >= 15 is 0 Å². The van der Waals surface area contributed by atoms with Gasteiger partial charge in [0.05, 0.1) is 23.7 Å². The van der Waals surface area contributed by atoms with Crippen molar-refractivity contribution in [3.05, 3.63) is 42.0 Å². The van der Waals surface area contributed by atoms with E-state index in [9.17, 15) is 13.2 Å². The van der Waals surface area contributed by atoms with Crippen molar-refractivity contribution in [3.8, 4) is 0 Å². The van der Waals surface area contributed by atoms with Crippen molar-refractivity contribution in [3.63, 3.8) is 0 Å². The first-order chi connectivity index (χ1) is 9.97. The van der Waals surface area contributed by atoms with Gasteiger partial charge in [-0.25, -0.2) is 18.1 Å². The lowest BCUT2D eigenvalue weighted by molar-refractivity contribution is -0.116. The molecule has 1 aliphatic heterocycles. The van der Waals surface area contributed by atoms with Gasteiger partial charge in [0.25, 0.3) is 0 Å². The highest BCUT2D eigenvalue weighted by molar-refractivity contribution is 7.89. The molecule has 0 saturated heterocycles. The number of nitrogens with one attached hydrogen (secondary N) is 3. The number of imidazole rings is 1. The molecule has 0 saturated carbocycles. The van der Waals surface area contributed by atoms with Crippen LogP contribution in [-0.4, -0.2) is 24.3 Å². The molecule has 2 aromatic rings. The van der Waals surface area contributed by atoms with Gasteiger partial charge in [0.1, 0.15) is 0 Å². The van der Waals surface area contributed by atoms with Gasteiger partial charge in [-0.3, -0.25) is 4.79 Å². The summed E-state index contributed by atoms with van der Waals surface area (Å²) in [5.74, 6) is -0.465. The Morgan fingerprint density at radius 2 is 2.19 bits per heavy atom. The molecule has 0 fully saturated rings. The number of amides is 1. The molecule has 0 radical (unpaired) electrons. The van der Waals surface area contributed by atoms with Crippen LogP contribution in [0.15, 0.2) is 35.6 Å². The fourth-order valence-electron chi connectivity index (χ4n) is 2.20. The average Bonchev–Trinajstić information content (AvgIpc) is 3.06. The van der Waals surface area contributed by atoms with Gasteiger partial charge >= 0.3 is 0 Å². The number of sulfonamides is 1. The SMILES string of the molecule is CC1C(=O)Nc2ccc(S(=O)(=O)NCc3cnc[nH]3)cc21. The molecule has 110 valence electrons. The number of H-pyrrole nitrogens is 1. The van der Waals surface area contributed by atoms with Crippen LogP contribution in [-0.2, 0) is 21.4 Å². The minimum absolute atomic E-state index is 0.120. The van der Waals surface area contributed by atoms with Crippen molar-refractivity contribution in [2.24, 2.45) is 0 Å². The van der Waals surface area contributed by atoms with E-state index in [2.05, 4.69) is 20.0 Å². The number of aromatic amines is 1. The first kappa shape index (κ1) is 13.8. The maximum atomic E-state index is 12.3. The van der Waals surface area contributed by atoms with Gasteiger partial charge in [0.2, 0.25) is 15.9 Å². The largest absolute Gasteiger partial charge is 0.347 e. The molecule has 1 atom stereocenters. The zero-order valence-electron chi connectivity index (χ0n) is 11.3. The van der Waals surface area contributed by atoms with Gasteiger partial charge in [-0.05, 0) is 30.7 Å². The Morgan fingerprint density at radius 1 is 1.38 bits per heavy atom. The Bertz CT molecular complexity index is 784. The van der Waals surface area contributed by atoms with E-state index in [-0.39, 0.29) is 23.3 Å². The van der Waals surface area contributed by atoms with Crippen molar-refractivity contribution in [1.29, 1.82) is 0 Å². The molecule has 0 aliphatic carbocycles. The third-order valence-electron chi connectivity index (χ3n) is 3.46. The van der Waals surface area contributed by atoms with E-state index in [1.54, 1.807) is 19.2 Å². The fraction of sp³-hybridized carbons (Fsp3) is 0.231. The van der Waals surface area contributed by atoms with Gasteiger partial charge in [-0.15, -0.1) is 0 Å². The molecular formula is C13H14N4O3S. The number of hydrogen-bond donors (Lipinski definition) is 3. The summed E-state index contributed by atoms with van der Waals surface area (Å²) in [4.78, 5) is 18.4. The number of rotatable bonds is 4. The normalized spacial score (nSPS) is 17.6. The zero-order chi connectivity index (χ0) is 15.0. The molecule has 3 rings (SSSR count). The van der Waals surface area contributed by atoms with E-state index in [0.29, 0.717) is 16.9 Å². The first-order valence-electron chi connectivity index (χ1n) is 6.39. The minimum Gasteiger partial charge on any atom is -0.347 e. The molecule has 8 heteroatoms. The lowest BCUT2D eigenvalue weighted by Crippen LogP contribution is -2.23. The number of carbonyl (C=O) groups excluding carboxylic acids is 1. The van der Waals surface area contributed by atoms with Crippen molar-refractivity contribution in [1.82, 2.24) is 14.7 Å². The maximum absolute atomic E-state index is 12.3.